The summed E-state index contributed by atoms with van der Waals surface area (Å²) in [7, 11) is 1.44. The summed E-state index contributed by atoms with van der Waals surface area (Å²) < 4.78 is 10.8. The van der Waals surface area contributed by atoms with Crippen LogP contribution in [0.15, 0.2) is 41.3 Å². The molecule has 1 N–H and O–H groups in total. The van der Waals surface area contributed by atoms with Crippen LogP contribution in [0.3, 0.4) is 0 Å². The minimum absolute atomic E-state index is 0.287. The van der Waals surface area contributed by atoms with Gasteiger partial charge in [0.15, 0.2) is 22.4 Å². The third-order valence-corrected chi connectivity index (χ3v) is 5.83. The van der Waals surface area contributed by atoms with Crippen molar-refractivity contribution in [3.05, 3.63) is 56.9 Å². The van der Waals surface area contributed by atoms with E-state index in [0.29, 0.717) is 36.3 Å². The van der Waals surface area contributed by atoms with Gasteiger partial charge in [-0.2, -0.15) is 0 Å². The maximum atomic E-state index is 12.9. The molecule has 0 aliphatic carbocycles. The highest BCUT2D eigenvalue weighted by Crippen LogP contribution is 2.38. The van der Waals surface area contributed by atoms with Crippen LogP contribution < -0.4 is 14.4 Å². The minimum Gasteiger partial charge on any atom is -0.493 e. The van der Waals surface area contributed by atoms with Crippen LogP contribution in [-0.2, 0) is 9.59 Å². The fourth-order valence-electron chi connectivity index (χ4n) is 2.50. The number of carboxylic acids is 1. The fraction of sp³-hybridized carbons (Fsp3) is 0.105. The average Bonchev–Trinajstić information content (AvgIpc) is 2.96. The lowest BCUT2D eigenvalue weighted by Crippen LogP contribution is -2.27. The molecule has 1 amide bonds. The summed E-state index contributed by atoms with van der Waals surface area (Å²) in [6.45, 7) is -0.488. The fourth-order valence-corrected chi connectivity index (χ4v) is 4.09. The third-order valence-electron chi connectivity index (χ3n) is 3.79. The van der Waals surface area contributed by atoms with E-state index >= 15 is 0 Å². The van der Waals surface area contributed by atoms with Crippen molar-refractivity contribution in [2.24, 2.45) is 0 Å². The number of carbonyl (C=O) groups is 2. The summed E-state index contributed by atoms with van der Waals surface area (Å²) in [5, 5.41) is 9.45. The molecule has 1 aliphatic rings. The van der Waals surface area contributed by atoms with Crippen molar-refractivity contribution in [2.75, 3.05) is 18.6 Å². The summed E-state index contributed by atoms with van der Waals surface area (Å²) in [5.74, 6) is -0.749. The third kappa shape index (κ3) is 4.84. The van der Waals surface area contributed by atoms with Crippen LogP contribution in [0, 0.1) is 0 Å². The van der Waals surface area contributed by atoms with E-state index in [1.165, 1.54) is 12.0 Å². The number of aliphatic carboxylic acids is 1. The molecule has 0 saturated carbocycles. The number of carbonyl (C=O) groups excluding carboxylic acids is 1. The summed E-state index contributed by atoms with van der Waals surface area (Å²) in [6, 6.07) is 9.75. The second kappa shape index (κ2) is 9.04. The molecule has 1 heterocycles. The van der Waals surface area contributed by atoms with Crippen LogP contribution in [0.2, 0.25) is 10.0 Å². The molecule has 3 rings (SSSR count). The molecule has 1 fully saturated rings. The molecule has 2 aromatic carbocycles. The van der Waals surface area contributed by atoms with E-state index in [1.54, 1.807) is 42.5 Å². The number of hydrogen-bond acceptors (Lipinski definition) is 6. The predicted octanol–water partition coefficient (Wildman–Crippen LogP) is 4.87. The molecule has 6 nitrogen and oxygen atoms in total. The van der Waals surface area contributed by atoms with Crippen LogP contribution in [0.25, 0.3) is 6.08 Å². The molecule has 0 atom stereocenters. The van der Waals surface area contributed by atoms with Crippen molar-refractivity contribution in [3.63, 3.8) is 0 Å². The summed E-state index contributed by atoms with van der Waals surface area (Å²) in [6.07, 6.45) is 1.67. The first-order valence-corrected chi connectivity index (χ1v) is 10.0. The second-order valence-electron chi connectivity index (χ2n) is 5.71. The van der Waals surface area contributed by atoms with Gasteiger partial charge in [-0.25, -0.2) is 4.79 Å². The molecule has 29 heavy (non-hydrogen) atoms. The summed E-state index contributed by atoms with van der Waals surface area (Å²) >= 11 is 18.5. The number of amides is 1. The zero-order valence-electron chi connectivity index (χ0n) is 14.8. The van der Waals surface area contributed by atoms with Gasteiger partial charge in [-0.15, -0.1) is 0 Å². The van der Waals surface area contributed by atoms with Crippen molar-refractivity contribution in [1.29, 1.82) is 0 Å². The first-order chi connectivity index (χ1) is 13.8. The van der Waals surface area contributed by atoms with Gasteiger partial charge in [0.1, 0.15) is 0 Å². The molecule has 0 unspecified atom stereocenters. The van der Waals surface area contributed by atoms with Crippen LogP contribution in [0.1, 0.15) is 5.56 Å². The van der Waals surface area contributed by atoms with E-state index in [1.807, 2.05) is 0 Å². The Labute approximate surface area is 186 Å². The highest BCUT2D eigenvalue weighted by Gasteiger charge is 2.33. The summed E-state index contributed by atoms with van der Waals surface area (Å²) in [4.78, 5) is 25.3. The Morgan fingerprint density at radius 3 is 2.62 bits per heavy atom. The Kier molecular flexibility index (Phi) is 6.69. The zero-order chi connectivity index (χ0) is 21.1. The monoisotopic (exact) mass is 469 g/mol. The smallest absolute Gasteiger partial charge is 0.341 e. The molecule has 0 spiro atoms. The normalized spacial score (nSPS) is 15.1. The summed E-state index contributed by atoms with van der Waals surface area (Å²) in [5.41, 5.74) is 1.19. The van der Waals surface area contributed by atoms with E-state index in [2.05, 4.69) is 0 Å². The number of nitrogens with zero attached hydrogens (tertiary/aromatic N) is 1. The Morgan fingerprint density at radius 1 is 1.21 bits per heavy atom. The van der Waals surface area contributed by atoms with Crippen molar-refractivity contribution in [2.45, 2.75) is 0 Å². The maximum Gasteiger partial charge on any atom is 0.341 e. The van der Waals surface area contributed by atoms with Crippen LogP contribution in [0.5, 0.6) is 11.5 Å². The van der Waals surface area contributed by atoms with E-state index < -0.39 is 12.6 Å². The standard InChI is InChI=1S/C19H13Cl2NO5S2/c1-26-15-6-10(2-5-14(15)27-9-17(23)24)7-16-18(25)22(19(28)29-16)11-3-4-12(20)13(21)8-11/h2-8H,9H2,1H3,(H,23,24)/b16-7+. The van der Waals surface area contributed by atoms with Crippen LogP contribution in [-0.4, -0.2) is 35.0 Å². The van der Waals surface area contributed by atoms with Gasteiger partial charge in [0.25, 0.3) is 5.91 Å². The number of carboxylic acid groups (broad SMARTS) is 1. The van der Waals surface area contributed by atoms with Gasteiger partial charge < -0.3 is 14.6 Å². The van der Waals surface area contributed by atoms with E-state index in [0.717, 1.165) is 11.8 Å². The van der Waals surface area contributed by atoms with Crippen molar-refractivity contribution in [1.82, 2.24) is 0 Å². The number of benzene rings is 2. The quantitative estimate of drug-likeness (QED) is 0.477. The molecule has 0 radical (unpaired) electrons. The largest absolute Gasteiger partial charge is 0.493 e. The van der Waals surface area contributed by atoms with Gasteiger partial charge in [0.05, 0.1) is 27.7 Å². The Balaban J connectivity index is 1.87. The molecule has 2 aromatic rings. The van der Waals surface area contributed by atoms with E-state index in [9.17, 15) is 9.59 Å². The number of thioether (sulfide) groups is 1. The Morgan fingerprint density at radius 2 is 1.97 bits per heavy atom. The SMILES string of the molecule is COc1cc(/C=C2/SC(=S)N(c3ccc(Cl)c(Cl)c3)C2=O)ccc1OCC(=O)O. The number of rotatable bonds is 6. The molecule has 0 bridgehead atoms. The van der Waals surface area contributed by atoms with Crippen LogP contribution in [0.4, 0.5) is 5.69 Å². The number of halogens is 2. The molecule has 10 heteroatoms. The van der Waals surface area contributed by atoms with Crippen molar-refractivity contribution in [3.8, 4) is 11.5 Å². The van der Waals surface area contributed by atoms with Gasteiger partial charge >= 0.3 is 5.97 Å². The molecule has 1 aliphatic heterocycles. The number of ether oxygens (including phenoxy) is 2. The molecule has 0 aromatic heterocycles. The van der Waals surface area contributed by atoms with Gasteiger partial charge in [-0.3, -0.25) is 9.69 Å². The molecule has 150 valence electrons. The average molecular weight is 470 g/mol. The van der Waals surface area contributed by atoms with Gasteiger partial charge in [0.2, 0.25) is 0 Å². The minimum atomic E-state index is -1.10. The number of thiocarbonyl (C=S) groups is 1. The topological polar surface area (TPSA) is 76.1 Å². The van der Waals surface area contributed by atoms with E-state index in [-0.39, 0.29) is 11.7 Å². The maximum absolute atomic E-state index is 12.9. The van der Waals surface area contributed by atoms with Crippen molar-refractivity contribution < 1.29 is 24.2 Å². The van der Waals surface area contributed by atoms with Crippen molar-refractivity contribution >= 4 is 75.1 Å². The lowest BCUT2D eigenvalue weighted by atomic mass is 10.2. The number of methoxy groups -OCH3 is 1. The van der Waals surface area contributed by atoms with Gasteiger partial charge in [-0.1, -0.05) is 53.2 Å². The highest BCUT2D eigenvalue weighted by atomic mass is 35.5. The number of hydrogen-bond donors (Lipinski definition) is 1. The molecular weight excluding hydrogens is 457 g/mol. The first-order valence-electron chi connectivity index (χ1n) is 8.06. The Bertz CT molecular complexity index is 1040. The lowest BCUT2D eigenvalue weighted by Gasteiger charge is -2.15. The lowest BCUT2D eigenvalue weighted by molar-refractivity contribution is -0.139. The van der Waals surface area contributed by atoms with Gasteiger partial charge in [0, 0.05) is 0 Å². The highest BCUT2D eigenvalue weighted by molar-refractivity contribution is 8.27. The number of anilines is 1. The molecule has 1 saturated heterocycles. The van der Waals surface area contributed by atoms with Crippen LogP contribution >= 0.6 is 47.2 Å². The first kappa shape index (κ1) is 21.4. The van der Waals surface area contributed by atoms with Gasteiger partial charge in [-0.05, 0) is 42.0 Å². The Hall–Kier alpha value is -2.26. The molecular formula is C19H13Cl2NO5S2. The predicted molar refractivity (Wildman–Crippen MR) is 118 cm³/mol. The van der Waals surface area contributed by atoms with E-state index in [4.69, 9.17) is 50.0 Å². The zero-order valence-corrected chi connectivity index (χ0v) is 18.0. The second-order valence-corrected chi connectivity index (χ2v) is 8.20.